The third-order valence-corrected chi connectivity index (χ3v) is 8.41. The van der Waals surface area contributed by atoms with Crippen LogP contribution in [0.3, 0.4) is 0 Å². The Kier molecular flexibility index (Phi) is 235. The highest BCUT2D eigenvalue weighted by Gasteiger charge is 2.13. The van der Waals surface area contributed by atoms with E-state index in [1.807, 2.05) is 220 Å². The summed E-state index contributed by atoms with van der Waals surface area (Å²) in [6.45, 7) is 85.1. The van der Waals surface area contributed by atoms with Gasteiger partial charge in [-0.3, -0.25) is 15.3 Å². The van der Waals surface area contributed by atoms with Gasteiger partial charge in [0.1, 0.15) is 6.79 Å². The molecular weight excluding hydrogens is 991 g/mol. The second kappa shape index (κ2) is 158. The predicted molar refractivity (Wildman–Crippen MR) is 372 cm³/mol. The van der Waals surface area contributed by atoms with Crippen molar-refractivity contribution in [2.75, 3.05) is 111 Å². The molecule has 8 saturated heterocycles. The van der Waals surface area contributed by atoms with Crippen molar-refractivity contribution < 1.29 is 28.4 Å². The molecule has 78 heavy (non-hydrogen) atoms. The molecule has 0 spiro atoms. The zero-order valence-corrected chi connectivity index (χ0v) is 62.1. The van der Waals surface area contributed by atoms with Crippen LogP contribution in [0.1, 0.15) is 287 Å². The van der Waals surface area contributed by atoms with E-state index in [-0.39, 0.29) is 0 Å². The first-order valence-electron chi connectivity index (χ1n) is 33.7. The quantitative estimate of drug-likeness (QED) is 0.202. The van der Waals surface area contributed by atoms with Crippen LogP contribution >= 0.6 is 11.8 Å². The summed E-state index contributed by atoms with van der Waals surface area (Å²) >= 11 is 2.07. The largest absolute Gasteiger partial charge is 0.381 e. The summed E-state index contributed by atoms with van der Waals surface area (Å²) in [5.41, 5.74) is 0. The minimum Gasteiger partial charge on any atom is -0.381 e. The van der Waals surface area contributed by atoms with Crippen LogP contribution in [-0.4, -0.2) is 141 Å². The minimum atomic E-state index is 0.500. The molecule has 10 rings (SSSR count). The van der Waals surface area contributed by atoms with Gasteiger partial charge in [0.15, 0.2) is 0 Å². The second-order valence-electron chi connectivity index (χ2n) is 13.1. The van der Waals surface area contributed by atoms with Crippen LogP contribution in [0.5, 0.6) is 0 Å². The van der Waals surface area contributed by atoms with E-state index in [2.05, 4.69) is 72.3 Å². The SMILES string of the molecule is C1CCNC1.C1CCOC1.C1CCSC1.C1COCN1.C1COCO1.CC.CC.CC.CC.CC.CC.CC.CC.CC.CC.CC.CC.CC.CC.CC.CC1C=NC1.CC1CC=N1.CC1CN1.CC1CO1.CC1COC1. The fraction of sp³-hybridized carbons (Fsp3) is 0.970. The molecule has 0 amide bonds. The molecular formula is C66H163N5O6S. The number of hydrogen-bond acceptors (Lipinski definition) is 12. The third kappa shape index (κ3) is 178. The van der Waals surface area contributed by atoms with E-state index >= 15 is 0 Å². The van der Waals surface area contributed by atoms with Crippen LogP contribution in [-0.2, 0) is 28.4 Å². The molecule has 10 aliphatic rings. The lowest BCUT2D eigenvalue weighted by Crippen LogP contribution is -2.23. The van der Waals surface area contributed by atoms with Crippen molar-refractivity contribution in [3.8, 4) is 0 Å². The van der Waals surface area contributed by atoms with Crippen LogP contribution in [0, 0.1) is 11.8 Å². The highest BCUT2D eigenvalue weighted by atomic mass is 32.2. The number of nitrogens with zero attached hydrogens (tertiary/aromatic N) is 2. The maximum absolute atomic E-state index is 4.94. The molecule has 4 unspecified atom stereocenters. The van der Waals surface area contributed by atoms with Crippen LogP contribution in [0.2, 0.25) is 0 Å². The number of nitrogens with one attached hydrogen (secondary N) is 3. The molecule has 10 heterocycles. The van der Waals surface area contributed by atoms with Crippen molar-refractivity contribution in [2.45, 2.75) is 305 Å². The molecule has 4 atom stereocenters. The Bertz CT molecular complexity index is 594. The van der Waals surface area contributed by atoms with Crippen LogP contribution in [0.4, 0.5) is 0 Å². The number of hydrogen-bond donors (Lipinski definition) is 3. The summed E-state index contributed by atoms with van der Waals surface area (Å²) in [5, 5.41) is 9.32. The third-order valence-electron chi connectivity index (χ3n) is 7.25. The topological polar surface area (TPSA) is 129 Å². The Labute approximate surface area is 504 Å². The van der Waals surface area contributed by atoms with Gasteiger partial charge in [-0.1, -0.05) is 222 Å². The summed E-state index contributed by atoms with van der Waals surface area (Å²) in [7, 11) is 0. The zero-order valence-electron chi connectivity index (χ0n) is 61.3. The molecule has 11 nitrogen and oxygen atoms in total. The lowest BCUT2D eigenvalue weighted by atomic mass is 10.1. The standard InChI is InChI=1S/2C4H7N.C4H9N.2C4H8O.C4H8S.C3H7NO.C3H7N.C3H6O2.C3H6O.15C2H6/c1-4-2-5-3-4;1-4-2-3-5-4;1-2-4-5-3-1;1-4-2-5-3-4;2*1-2-4-5-3-1;1-2-5-3-4-1;1-3-2-4-3;1-2-5-3-4-1;1-3-2-4-3;15*1-2/h2,4H,3H2,1H3;3-4H,2H2,1H3;5H,1-4H2;4H,2-3H2,1H3;2*1-4H2;4H,1-3H2;3-4H,2H2,1H3;1-3H2;3H,2H2,1H3;15*1-2H3. The number of thioether (sulfide) groups is 1. The Morgan fingerprint density at radius 3 is 0.821 bits per heavy atom. The fourth-order valence-electron chi connectivity index (χ4n) is 3.50. The molecule has 12 heteroatoms. The van der Waals surface area contributed by atoms with E-state index in [1.54, 1.807) is 0 Å². The van der Waals surface area contributed by atoms with Gasteiger partial charge in [0.05, 0.1) is 58.5 Å². The summed E-state index contributed by atoms with van der Waals surface area (Å²) in [6, 6.07) is 1.47. The zero-order chi connectivity index (χ0) is 64.8. The Balaban J connectivity index is -0.0000000414. The number of aliphatic imine (C=N–C) groups is 2. The van der Waals surface area contributed by atoms with Gasteiger partial charge in [-0.2, -0.15) is 11.8 Å². The summed E-state index contributed by atoms with van der Waals surface area (Å²) in [6.07, 6.45) is 14.0. The lowest BCUT2D eigenvalue weighted by Gasteiger charge is -2.20. The van der Waals surface area contributed by atoms with Crippen molar-refractivity contribution in [2.24, 2.45) is 21.8 Å². The molecule has 494 valence electrons. The first-order valence-corrected chi connectivity index (χ1v) is 34.9. The summed E-state index contributed by atoms with van der Waals surface area (Å²) in [5.74, 6) is 4.45. The Morgan fingerprint density at radius 2 is 0.756 bits per heavy atom. The van der Waals surface area contributed by atoms with E-state index in [4.69, 9.17) is 28.4 Å². The molecule has 10 aliphatic heterocycles. The molecule has 0 bridgehead atoms. The van der Waals surface area contributed by atoms with Gasteiger partial charge in [-0.15, -0.1) is 0 Å². The van der Waals surface area contributed by atoms with Crippen LogP contribution < -0.4 is 16.0 Å². The van der Waals surface area contributed by atoms with Gasteiger partial charge in [0, 0.05) is 69.6 Å². The molecule has 0 aromatic heterocycles. The van der Waals surface area contributed by atoms with Crippen LogP contribution in [0.15, 0.2) is 9.98 Å². The lowest BCUT2D eigenvalue weighted by molar-refractivity contribution is -0.0221. The van der Waals surface area contributed by atoms with Crippen molar-refractivity contribution >= 4 is 24.2 Å². The highest BCUT2D eigenvalue weighted by molar-refractivity contribution is 7.99. The van der Waals surface area contributed by atoms with Gasteiger partial charge < -0.3 is 39.1 Å². The average molecular weight is 1160 g/mol. The molecule has 0 aliphatic carbocycles. The van der Waals surface area contributed by atoms with Crippen molar-refractivity contribution in [3.05, 3.63) is 0 Å². The molecule has 3 N–H and O–H groups in total. The first kappa shape index (κ1) is 116. The van der Waals surface area contributed by atoms with Crippen molar-refractivity contribution in [3.63, 3.8) is 0 Å². The average Bonchev–Trinajstić information content (AvgIpc) is 4.20. The maximum atomic E-state index is 4.94. The number of rotatable bonds is 0. The van der Waals surface area contributed by atoms with Gasteiger partial charge in [0.2, 0.25) is 0 Å². The van der Waals surface area contributed by atoms with Crippen LogP contribution in [0.25, 0.3) is 0 Å². The normalized spacial score (nSPS) is 18.9. The van der Waals surface area contributed by atoms with E-state index in [0.29, 0.717) is 18.9 Å². The smallest absolute Gasteiger partial charge is 0.146 e. The Morgan fingerprint density at radius 1 is 0.436 bits per heavy atom. The van der Waals surface area contributed by atoms with Gasteiger partial charge >= 0.3 is 0 Å². The van der Waals surface area contributed by atoms with Gasteiger partial charge in [-0.05, 0) is 83.9 Å². The minimum absolute atomic E-state index is 0.500. The molecule has 0 radical (unpaired) electrons. The highest BCUT2D eigenvalue weighted by Crippen LogP contribution is 2.14. The van der Waals surface area contributed by atoms with E-state index in [9.17, 15) is 0 Å². The van der Waals surface area contributed by atoms with E-state index < -0.39 is 0 Å². The summed E-state index contributed by atoms with van der Waals surface area (Å²) in [4.78, 5) is 7.82. The number of epoxide rings is 1. The van der Waals surface area contributed by atoms with Gasteiger partial charge in [0.25, 0.3) is 0 Å². The van der Waals surface area contributed by atoms with Gasteiger partial charge in [-0.25, -0.2) is 0 Å². The van der Waals surface area contributed by atoms with Crippen molar-refractivity contribution in [1.29, 1.82) is 0 Å². The second-order valence-corrected chi connectivity index (χ2v) is 14.3. The Hall–Kier alpha value is -0.670. The van der Waals surface area contributed by atoms with Crippen molar-refractivity contribution in [1.82, 2.24) is 16.0 Å². The summed E-state index contributed by atoms with van der Waals surface area (Å²) < 4.78 is 28.8. The number of ether oxygens (including phenoxy) is 6. The van der Waals surface area contributed by atoms with E-state index in [1.165, 1.54) is 76.1 Å². The molecule has 0 aromatic carbocycles. The molecule has 0 aromatic rings. The molecule has 0 saturated carbocycles. The van der Waals surface area contributed by atoms with E-state index in [0.717, 1.165) is 90.6 Å². The predicted octanol–water partition coefficient (Wildman–Crippen LogP) is 20.2. The fourth-order valence-corrected chi connectivity index (χ4v) is 4.52. The maximum Gasteiger partial charge on any atom is 0.146 e. The monoisotopic (exact) mass is 1150 g/mol. The molecule has 8 fully saturated rings. The first-order chi connectivity index (χ1) is 38.5.